The molecule has 4 rings (SSSR count). The maximum Gasteiger partial charge on any atom is 0.205 e. The van der Waals surface area contributed by atoms with Gasteiger partial charge in [0.1, 0.15) is 35.5 Å². The van der Waals surface area contributed by atoms with E-state index in [2.05, 4.69) is 10.3 Å². The average molecular weight is 508 g/mol. The SMILES string of the molecule is OC[C@H]1O[C@H](SC2=CCC(F)(Cl)C=C2)[C@H](O)[C@@H](n2cc(-c3cc(F)c(F)c(F)c3)nn2)[C@H]1O. The van der Waals surface area contributed by atoms with Gasteiger partial charge in [-0.15, -0.1) is 5.10 Å². The molecule has 0 saturated carbocycles. The molecule has 3 N–H and O–H groups in total. The molecule has 1 aliphatic heterocycles. The second-order valence-corrected chi connectivity index (χ2v) is 9.36. The molecule has 1 aromatic heterocycles. The third-order valence-electron chi connectivity index (χ3n) is 5.26. The normalized spacial score (nSPS) is 32.1. The number of allylic oxidation sites excluding steroid dienone is 3. The minimum absolute atomic E-state index is 0.0391. The highest BCUT2D eigenvalue weighted by Crippen LogP contribution is 2.41. The highest BCUT2D eigenvalue weighted by atomic mass is 35.5. The van der Waals surface area contributed by atoms with Crippen LogP contribution in [0.3, 0.4) is 0 Å². The molecule has 1 aliphatic carbocycles. The lowest BCUT2D eigenvalue weighted by molar-refractivity contribution is -0.178. The van der Waals surface area contributed by atoms with Crippen LogP contribution < -0.4 is 0 Å². The molecule has 178 valence electrons. The molecule has 0 spiro atoms. The fourth-order valence-corrected chi connectivity index (χ4v) is 4.77. The Morgan fingerprint density at radius 1 is 1.21 bits per heavy atom. The smallest absolute Gasteiger partial charge is 0.205 e. The monoisotopic (exact) mass is 507 g/mol. The summed E-state index contributed by atoms with van der Waals surface area (Å²) in [6.07, 6.45) is 1.32. The number of hydrogen-bond donors (Lipinski definition) is 3. The van der Waals surface area contributed by atoms with Crippen molar-refractivity contribution in [1.29, 1.82) is 0 Å². The Kier molecular flexibility index (Phi) is 6.85. The van der Waals surface area contributed by atoms with Crippen molar-refractivity contribution in [1.82, 2.24) is 15.0 Å². The van der Waals surface area contributed by atoms with Gasteiger partial charge in [0.05, 0.1) is 12.8 Å². The van der Waals surface area contributed by atoms with Crippen molar-refractivity contribution in [2.75, 3.05) is 6.61 Å². The molecule has 1 aromatic carbocycles. The number of rotatable bonds is 5. The largest absolute Gasteiger partial charge is 0.394 e. The van der Waals surface area contributed by atoms with Crippen LogP contribution in [-0.4, -0.2) is 65.8 Å². The first kappa shape index (κ1) is 24.2. The van der Waals surface area contributed by atoms with Crippen LogP contribution in [-0.2, 0) is 4.74 Å². The summed E-state index contributed by atoms with van der Waals surface area (Å²) < 4.78 is 60.9. The van der Waals surface area contributed by atoms with Crippen molar-refractivity contribution in [2.45, 2.75) is 41.3 Å². The van der Waals surface area contributed by atoms with E-state index in [0.717, 1.165) is 34.7 Å². The van der Waals surface area contributed by atoms with E-state index in [1.54, 1.807) is 0 Å². The van der Waals surface area contributed by atoms with Crippen LogP contribution in [0.4, 0.5) is 17.6 Å². The number of thioether (sulfide) groups is 1. The third kappa shape index (κ3) is 4.96. The maximum atomic E-state index is 13.8. The molecule has 6 atom stereocenters. The summed E-state index contributed by atoms with van der Waals surface area (Å²) in [6, 6.07) is 0.316. The van der Waals surface area contributed by atoms with Crippen molar-refractivity contribution in [3.05, 3.63) is 58.9 Å². The fourth-order valence-electron chi connectivity index (χ4n) is 3.53. The van der Waals surface area contributed by atoms with E-state index in [0.29, 0.717) is 4.91 Å². The number of alkyl halides is 2. The standard InChI is InChI=1S/C20H18ClF4N3O4S/c21-20(25)3-1-10(2-4-20)33-19-18(31)16(17(30)14(8-29)32-19)28-7-13(26-27-28)9-5-11(22)15(24)12(23)6-9/h1-3,5-7,14,16-19,29-31H,4,8H2/t14-,16+,17+,18-,19-,20?/m1/s1. The second kappa shape index (κ2) is 9.35. The summed E-state index contributed by atoms with van der Waals surface area (Å²) in [4.78, 5) is 0.552. The Morgan fingerprint density at radius 3 is 2.52 bits per heavy atom. The molecule has 2 aromatic rings. The van der Waals surface area contributed by atoms with Crippen molar-refractivity contribution < 1.29 is 37.6 Å². The Balaban J connectivity index is 1.60. The van der Waals surface area contributed by atoms with Crippen molar-refractivity contribution in [2.24, 2.45) is 0 Å². The molecule has 33 heavy (non-hydrogen) atoms. The average Bonchev–Trinajstić information content (AvgIpc) is 3.25. The maximum absolute atomic E-state index is 13.8. The summed E-state index contributed by atoms with van der Waals surface area (Å²) in [5, 5.41) is 36.8. The molecule has 1 unspecified atom stereocenters. The highest BCUT2D eigenvalue weighted by Gasteiger charge is 2.46. The molecule has 1 saturated heterocycles. The first-order valence-corrected chi connectivity index (χ1v) is 11.0. The van der Waals surface area contributed by atoms with Crippen molar-refractivity contribution >= 4 is 23.4 Å². The molecule has 0 bridgehead atoms. The van der Waals surface area contributed by atoms with Gasteiger partial charge in [-0.1, -0.05) is 34.7 Å². The van der Waals surface area contributed by atoms with E-state index in [9.17, 15) is 32.9 Å². The van der Waals surface area contributed by atoms with Gasteiger partial charge < -0.3 is 20.1 Å². The number of nitrogens with zero attached hydrogens (tertiary/aromatic N) is 3. The first-order valence-electron chi connectivity index (χ1n) is 9.72. The quantitative estimate of drug-likeness (QED) is 0.325. The van der Waals surface area contributed by atoms with Crippen molar-refractivity contribution in [3.63, 3.8) is 0 Å². The molecule has 13 heteroatoms. The summed E-state index contributed by atoms with van der Waals surface area (Å²) in [6.45, 7) is -0.582. The van der Waals surface area contributed by atoms with E-state index in [4.69, 9.17) is 16.3 Å². The molecular weight excluding hydrogens is 490 g/mol. The minimum atomic E-state index is -2.00. The van der Waals surface area contributed by atoms with Crippen LogP contribution in [0.1, 0.15) is 12.5 Å². The van der Waals surface area contributed by atoms with Gasteiger partial charge in [-0.05, 0) is 24.3 Å². The number of benzene rings is 1. The zero-order valence-electron chi connectivity index (χ0n) is 16.7. The molecule has 7 nitrogen and oxygen atoms in total. The topological polar surface area (TPSA) is 101 Å². The zero-order valence-corrected chi connectivity index (χ0v) is 18.2. The number of aromatic nitrogens is 3. The number of aliphatic hydroxyl groups excluding tert-OH is 3. The molecule has 1 fully saturated rings. The Labute approximate surface area is 194 Å². The summed E-state index contributed by atoms with van der Waals surface area (Å²) >= 11 is 6.65. The van der Waals surface area contributed by atoms with Crippen LogP contribution in [0.25, 0.3) is 11.3 Å². The van der Waals surface area contributed by atoms with Crippen LogP contribution >= 0.6 is 23.4 Å². The minimum Gasteiger partial charge on any atom is -0.394 e. The van der Waals surface area contributed by atoms with Crippen LogP contribution in [0.5, 0.6) is 0 Å². The zero-order chi connectivity index (χ0) is 23.9. The Hall–Kier alpha value is -1.96. The lowest BCUT2D eigenvalue weighted by Gasteiger charge is -2.42. The highest BCUT2D eigenvalue weighted by molar-refractivity contribution is 8.03. The van der Waals surface area contributed by atoms with E-state index < -0.39 is 59.0 Å². The molecule has 2 aliphatic rings. The van der Waals surface area contributed by atoms with E-state index >= 15 is 0 Å². The van der Waals surface area contributed by atoms with Crippen molar-refractivity contribution in [3.8, 4) is 11.3 Å². The summed E-state index contributed by atoms with van der Waals surface area (Å²) in [5.41, 5.74) is -1.14. The van der Waals surface area contributed by atoms with E-state index in [-0.39, 0.29) is 17.7 Å². The summed E-state index contributed by atoms with van der Waals surface area (Å²) in [7, 11) is 0. The third-order valence-corrected chi connectivity index (χ3v) is 6.74. The number of halogens is 5. The van der Waals surface area contributed by atoms with Crippen LogP contribution in [0, 0.1) is 17.5 Å². The summed E-state index contributed by atoms with van der Waals surface area (Å²) in [5.74, 6) is -4.45. The predicted molar refractivity (Wildman–Crippen MR) is 111 cm³/mol. The van der Waals surface area contributed by atoms with Gasteiger partial charge in [0.2, 0.25) is 5.13 Å². The molecule has 0 radical (unpaired) electrons. The van der Waals surface area contributed by atoms with Gasteiger partial charge in [-0.25, -0.2) is 22.2 Å². The number of ether oxygens (including phenoxy) is 1. The van der Waals surface area contributed by atoms with E-state index in [1.165, 1.54) is 18.3 Å². The van der Waals surface area contributed by atoms with Gasteiger partial charge in [-0.2, -0.15) is 0 Å². The first-order chi connectivity index (χ1) is 15.6. The predicted octanol–water partition coefficient (Wildman–Crippen LogP) is 2.82. The van der Waals surface area contributed by atoms with Gasteiger partial charge in [-0.3, -0.25) is 0 Å². The number of hydrogen-bond acceptors (Lipinski definition) is 7. The Bertz CT molecular complexity index is 1080. The fraction of sp³-hybridized carbons (Fsp3) is 0.400. The molecule has 0 amide bonds. The molecular formula is C20H18ClF4N3O4S. The van der Waals surface area contributed by atoms with Gasteiger partial charge in [0, 0.05) is 16.9 Å². The Morgan fingerprint density at radius 2 is 1.91 bits per heavy atom. The van der Waals surface area contributed by atoms with E-state index in [1.807, 2.05) is 0 Å². The second-order valence-electron chi connectivity index (χ2n) is 7.56. The lowest BCUT2D eigenvalue weighted by Crippen LogP contribution is -2.55. The molecule has 2 heterocycles. The van der Waals surface area contributed by atoms with Crippen LogP contribution in [0.15, 0.2) is 41.5 Å². The van der Waals surface area contributed by atoms with Gasteiger partial charge in [0.25, 0.3) is 0 Å². The van der Waals surface area contributed by atoms with Gasteiger partial charge >= 0.3 is 0 Å². The van der Waals surface area contributed by atoms with Crippen LogP contribution in [0.2, 0.25) is 0 Å². The lowest BCUT2D eigenvalue weighted by atomic mass is 9.97. The van der Waals surface area contributed by atoms with Gasteiger partial charge in [0.15, 0.2) is 17.5 Å². The number of aliphatic hydroxyl groups is 3.